The highest BCUT2D eigenvalue weighted by atomic mass is 32.2. The second-order valence-electron chi connectivity index (χ2n) is 8.52. The topological polar surface area (TPSA) is 98.6 Å². The molecule has 0 N–H and O–H groups in total. The highest BCUT2D eigenvalue weighted by Gasteiger charge is 2.29. The predicted octanol–water partition coefficient (Wildman–Crippen LogP) is 4.82. The van der Waals surface area contributed by atoms with Crippen molar-refractivity contribution in [2.75, 3.05) is 26.2 Å². The van der Waals surface area contributed by atoms with Gasteiger partial charge in [0.15, 0.2) is 4.21 Å². The number of pyridine rings is 1. The highest BCUT2D eigenvalue weighted by molar-refractivity contribution is 7.93. The quantitative estimate of drug-likeness (QED) is 0.370. The summed E-state index contributed by atoms with van der Waals surface area (Å²) in [5.41, 5.74) is -0.0576. The Morgan fingerprint density at radius 2 is 1.75 bits per heavy atom. The predicted molar refractivity (Wildman–Crippen MR) is 142 cm³/mol. The molecule has 0 spiro atoms. The van der Waals surface area contributed by atoms with Crippen molar-refractivity contribution >= 4 is 27.3 Å². The summed E-state index contributed by atoms with van der Waals surface area (Å²) in [6, 6.07) is 11.3. The van der Waals surface area contributed by atoms with Gasteiger partial charge < -0.3 is 9.64 Å². The summed E-state index contributed by atoms with van der Waals surface area (Å²) < 4.78 is 33.4. The van der Waals surface area contributed by atoms with Crippen LogP contribution in [0.2, 0.25) is 0 Å². The number of carbonyl (C=O) groups excluding carboxylic acids is 1. The summed E-state index contributed by atoms with van der Waals surface area (Å²) in [6.07, 6.45) is -0.274. The van der Waals surface area contributed by atoms with Crippen molar-refractivity contribution < 1.29 is 17.9 Å². The van der Waals surface area contributed by atoms with Crippen LogP contribution in [0.3, 0.4) is 0 Å². The fraction of sp³-hybridized carbons (Fsp3) is 0.423. The number of benzene rings is 1. The van der Waals surface area contributed by atoms with Crippen molar-refractivity contribution in [2.24, 2.45) is 0 Å². The Morgan fingerprint density at radius 3 is 2.33 bits per heavy atom. The summed E-state index contributed by atoms with van der Waals surface area (Å²) in [5, 5.41) is 0.584. The van der Waals surface area contributed by atoms with E-state index in [-0.39, 0.29) is 32.9 Å². The van der Waals surface area contributed by atoms with E-state index in [0.29, 0.717) is 23.7 Å². The van der Waals surface area contributed by atoms with E-state index in [1.54, 1.807) is 30.3 Å². The maximum Gasteiger partial charge on any atom is 0.421 e. The van der Waals surface area contributed by atoms with Gasteiger partial charge in [0, 0.05) is 12.2 Å². The maximum atomic E-state index is 13.7. The van der Waals surface area contributed by atoms with Gasteiger partial charge in [0.25, 0.3) is 5.56 Å². The van der Waals surface area contributed by atoms with Gasteiger partial charge in [-0.1, -0.05) is 52.8 Å². The smallest absolute Gasteiger partial charge is 0.421 e. The first-order chi connectivity index (χ1) is 17.1. The van der Waals surface area contributed by atoms with Crippen LogP contribution in [0.5, 0.6) is 0 Å². The lowest BCUT2D eigenvalue weighted by atomic mass is 10.1. The van der Waals surface area contributed by atoms with Gasteiger partial charge in [0.2, 0.25) is 9.84 Å². The molecule has 2 heterocycles. The van der Waals surface area contributed by atoms with Gasteiger partial charge in [0.1, 0.15) is 12.3 Å². The Labute approximate surface area is 216 Å². The Bertz CT molecular complexity index is 1360. The van der Waals surface area contributed by atoms with Crippen molar-refractivity contribution in [2.45, 2.75) is 56.1 Å². The molecule has 2 aromatic heterocycles. The fourth-order valence-corrected chi connectivity index (χ4v) is 6.70. The van der Waals surface area contributed by atoms with E-state index in [1.165, 1.54) is 12.1 Å². The molecule has 0 aliphatic heterocycles. The molecule has 0 unspecified atom stereocenters. The number of likely N-dealkylation sites (N-methyl/N-ethyl adjacent to an activating group) is 1. The number of aromatic nitrogens is 2. The molecule has 3 rings (SSSR count). The molecule has 36 heavy (non-hydrogen) atoms. The number of rotatable bonds is 10. The monoisotopic (exact) mass is 531 g/mol. The first kappa shape index (κ1) is 27.8. The standard InChI is InChI=1S/C26H33N3O5S2/c1-6-22-27-23(25(35-22)36(32,33)19-12-10-9-11-13-19)20-14-15-21(18(4)5)29(24(20)30)26(31)34-17-16-28(7-2)8-3/h9-15,18H,6-8,16-17H2,1-5H3. The van der Waals surface area contributed by atoms with Crippen molar-refractivity contribution in [3.63, 3.8) is 0 Å². The van der Waals surface area contributed by atoms with E-state index in [4.69, 9.17) is 4.74 Å². The summed E-state index contributed by atoms with van der Waals surface area (Å²) >= 11 is 1.04. The Hall–Kier alpha value is -2.82. The average molecular weight is 532 g/mol. The van der Waals surface area contributed by atoms with E-state index in [1.807, 2.05) is 34.6 Å². The number of aryl methyl sites for hydroxylation is 1. The highest BCUT2D eigenvalue weighted by Crippen LogP contribution is 2.35. The van der Waals surface area contributed by atoms with Gasteiger partial charge in [-0.15, -0.1) is 11.3 Å². The van der Waals surface area contributed by atoms with Gasteiger partial charge >= 0.3 is 6.09 Å². The Balaban J connectivity index is 2.12. The largest absolute Gasteiger partial charge is 0.447 e. The number of carbonyl (C=O) groups is 1. The SMILES string of the molecule is CCc1nc(-c2ccc(C(C)C)n(C(=O)OCCN(CC)CC)c2=O)c(S(=O)(=O)c2ccccc2)s1. The van der Waals surface area contributed by atoms with Crippen molar-refractivity contribution in [1.29, 1.82) is 0 Å². The third-order valence-electron chi connectivity index (χ3n) is 5.91. The lowest BCUT2D eigenvalue weighted by Gasteiger charge is -2.19. The van der Waals surface area contributed by atoms with Crippen LogP contribution in [0.25, 0.3) is 11.3 Å². The van der Waals surface area contributed by atoms with Crippen LogP contribution in [0, 0.1) is 0 Å². The molecule has 0 saturated carbocycles. The van der Waals surface area contributed by atoms with Crippen LogP contribution in [0.15, 0.2) is 56.4 Å². The molecular weight excluding hydrogens is 498 g/mol. The minimum Gasteiger partial charge on any atom is -0.447 e. The minimum absolute atomic E-state index is 0.0126. The molecule has 3 aromatic rings. The number of ether oxygens (including phenoxy) is 1. The van der Waals surface area contributed by atoms with Crippen LogP contribution in [0.1, 0.15) is 51.2 Å². The zero-order chi connectivity index (χ0) is 26.5. The minimum atomic E-state index is -3.93. The van der Waals surface area contributed by atoms with E-state index >= 15 is 0 Å². The van der Waals surface area contributed by atoms with Crippen molar-refractivity contribution in [3.8, 4) is 11.3 Å². The molecule has 10 heteroatoms. The van der Waals surface area contributed by atoms with Crippen LogP contribution < -0.4 is 5.56 Å². The molecule has 0 bridgehead atoms. The van der Waals surface area contributed by atoms with Crippen LogP contribution in [-0.4, -0.2) is 55.2 Å². The molecule has 0 atom stereocenters. The van der Waals surface area contributed by atoms with Gasteiger partial charge in [-0.25, -0.2) is 22.8 Å². The summed E-state index contributed by atoms with van der Waals surface area (Å²) in [5.74, 6) is -0.142. The van der Waals surface area contributed by atoms with Gasteiger partial charge in [-0.3, -0.25) is 4.79 Å². The Morgan fingerprint density at radius 1 is 1.08 bits per heavy atom. The van der Waals surface area contributed by atoms with E-state index < -0.39 is 21.5 Å². The number of hydrogen-bond acceptors (Lipinski definition) is 8. The van der Waals surface area contributed by atoms with Crippen molar-refractivity contribution in [3.05, 3.63) is 63.5 Å². The van der Waals surface area contributed by atoms with Crippen LogP contribution >= 0.6 is 11.3 Å². The normalized spacial score (nSPS) is 11.9. The first-order valence-corrected chi connectivity index (χ1v) is 14.4. The zero-order valence-electron chi connectivity index (χ0n) is 21.4. The summed E-state index contributed by atoms with van der Waals surface area (Å²) in [7, 11) is -3.93. The molecular formula is C26H33N3O5S2. The van der Waals surface area contributed by atoms with Gasteiger partial charge in [-0.05, 0) is 49.7 Å². The number of sulfone groups is 1. The molecule has 0 amide bonds. The van der Waals surface area contributed by atoms with Gasteiger partial charge in [-0.2, -0.15) is 0 Å². The average Bonchev–Trinajstić information content (AvgIpc) is 3.32. The van der Waals surface area contributed by atoms with E-state index in [2.05, 4.69) is 9.88 Å². The molecule has 194 valence electrons. The maximum absolute atomic E-state index is 13.7. The lowest BCUT2D eigenvalue weighted by molar-refractivity contribution is 0.129. The molecule has 8 nitrogen and oxygen atoms in total. The molecule has 0 aliphatic carbocycles. The number of thiazole rings is 1. The molecule has 1 aromatic carbocycles. The molecule has 0 saturated heterocycles. The lowest BCUT2D eigenvalue weighted by Crippen LogP contribution is -2.34. The zero-order valence-corrected chi connectivity index (χ0v) is 23.0. The number of hydrogen-bond donors (Lipinski definition) is 0. The third-order valence-corrected chi connectivity index (χ3v) is 9.39. The molecule has 0 aliphatic rings. The van der Waals surface area contributed by atoms with E-state index in [9.17, 15) is 18.0 Å². The van der Waals surface area contributed by atoms with Crippen molar-refractivity contribution in [1.82, 2.24) is 14.5 Å². The second-order valence-corrected chi connectivity index (χ2v) is 11.8. The van der Waals surface area contributed by atoms with Gasteiger partial charge in [0.05, 0.1) is 15.5 Å². The molecule has 0 radical (unpaired) electrons. The van der Waals surface area contributed by atoms with E-state index in [0.717, 1.165) is 29.0 Å². The molecule has 0 fully saturated rings. The third kappa shape index (κ3) is 5.77. The number of nitrogens with zero attached hydrogens (tertiary/aromatic N) is 3. The van der Waals surface area contributed by atoms with Crippen LogP contribution in [-0.2, 0) is 21.0 Å². The van der Waals surface area contributed by atoms with Crippen LogP contribution in [0.4, 0.5) is 4.79 Å². The Kier molecular flexibility index (Phi) is 9.21. The summed E-state index contributed by atoms with van der Waals surface area (Å²) in [4.78, 5) is 33.5. The fourth-order valence-electron chi connectivity index (χ4n) is 3.80. The second kappa shape index (κ2) is 11.9. The summed E-state index contributed by atoms with van der Waals surface area (Å²) in [6.45, 7) is 12.0. The first-order valence-electron chi connectivity index (χ1n) is 12.1.